The maximum atomic E-state index is 4.38. The standard InChI is InChI=1S/C10H19N3/c1-9(2)12-10(11-3)8-13-6-4-5-7-13/h4-8H2,1-3H3. The van der Waals surface area contributed by atoms with E-state index in [2.05, 4.69) is 14.9 Å². The Morgan fingerprint density at radius 2 is 1.85 bits per heavy atom. The number of rotatable bonds is 2. The Morgan fingerprint density at radius 1 is 1.23 bits per heavy atom. The molecule has 1 aliphatic rings. The molecular weight excluding hydrogens is 162 g/mol. The summed E-state index contributed by atoms with van der Waals surface area (Å²) in [6, 6.07) is 0. The smallest absolute Gasteiger partial charge is 0.137 e. The Kier molecular flexibility index (Phi) is 4.09. The van der Waals surface area contributed by atoms with E-state index in [1.54, 1.807) is 0 Å². The SMILES string of the molecule is CN=C(CN1CCCC1)N=C(C)C. The van der Waals surface area contributed by atoms with E-state index < -0.39 is 0 Å². The molecule has 0 aromatic rings. The van der Waals surface area contributed by atoms with Gasteiger partial charge in [-0.1, -0.05) is 0 Å². The lowest BCUT2D eigenvalue weighted by atomic mass is 10.4. The highest BCUT2D eigenvalue weighted by Gasteiger charge is 2.12. The lowest BCUT2D eigenvalue weighted by Gasteiger charge is -2.13. The highest BCUT2D eigenvalue weighted by atomic mass is 15.2. The Balaban J connectivity index is 2.44. The third-order valence-corrected chi connectivity index (χ3v) is 2.17. The van der Waals surface area contributed by atoms with Gasteiger partial charge in [-0.2, -0.15) is 0 Å². The molecule has 0 atom stereocenters. The molecule has 1 saturated heterocycles. The van der Waals surface area contributed by atoms with E-state index in [1.165, 1.54) is 25.9 Å². The number of amidine groups is 1. The van der Waals surface area contributed by atoms with Crippen LogP contribution in [0.15, 0.2) is 9.98 Å². The highest BCUT2D eigenvalue weighted by Crippen LogP contribution is 2.06. The highest BCUT2D eigenvalue weighted by molar-refractivity contribution is 5.96. The number of nitrogens with zero attached hydrogens (tertiary/aromatic N) is 3. The van der Waals surface area contributed by atoms with E-state index in [4.69, 9.17) is 0 Å². The van der Waals surface area contributed by atoms with E-state index >= 15 is 0 Å². The summed E-state index contributed by atoms with van der Waals surface area (Å²) in [5.74, 6) is 0.960. The van der Waals surface area contributed by atoms with Gasteiger partial charge in [-0.15, -0.1) is 0 Å². The van der Waals surface area contributed by atoms with Crippen LogP contribution in [0.1, 0.15) is 26.7 Å². The van der Waals surface area contributed by atoms with Gasteiger partial charge in [-0.05, 0) is 39.8 Å². The van der Waals surface area contributed by atoms with Crippen LogP contribution in [0.3, 0.4) is 0 Å². The zero-order chi connectivity index (χ0) is 9.68. The van der Waals surface area contributed by atoms with Crippen molar-refractivity contribution in [1.82, 2.24) is 4.90 Å². The maximum absolute atomic E-state index is 4.38. The molecule has 1 aliphatic heterocycles. The quantitative estimate of drug-likeness (QED) is 0.469. The molecule has 0 unspecified atom stereocenters. The molecular formula is C10H19N3. The molecule has 0 saturated carbocycles. The van der Waals surface area contributed by atoms with Gasteiger partial charge in [0.2, 0.25) is 0 Å². The van der Waals surface area contributed by atoms with Crippen molar-refractivity contribution in [3.63, 3.8) is 0 Å². The first-order valence-corrected chi connectivity index (χ1v) is 4.92. The van der Waals surface area contributed by atoms with E-state index in [-0.39, 0.29) is 0 Å². The Bertz CT molecular complexity index is 208. The summed E-state index contributed by atoms with van der Waals surface area (Å²) >= 11 is 0. The Hall–Kier alpha value is -0.700. The summed E-state index contributed by atoms with van der Waals surface area (Å²) in [6.07, 6.45) is 2.65. The third-order valence-electron chi connectivity index (χ3n) is 2.17. The van der Waals surface area contributed by atoms with E-state index in [1.807, 2.05) is 20.9 Å². The summed E-state index contributed by atoms with van der Waals surface area (Å²) in [4.78, 5) is 11.0. The maximum Gasteiger partial charge on any atom is 0.137 e. The second-order valence-corrected chi connectivity index (χ2v) is 3.68. The summed E-state index contributed by atoms with van der Waals surface area (Å²) in [7, 11) is 1.82. The molecule has 1 rings (SSSR count). The molecule has 3 nitrogen and oxygen atoms in total. The lowest BCUT2D eigenvalue weighted by molar-refractivity contribution is 0.387. The van der Waals surface area contributed by atoms with Gasteiger partial charge >= 0.3 is 0 Å². The Morgan fingerprint density at radius 3 is 2.31 bits per heavy atom. The minimum Gasteiger partial charge on any atom is -0.296 e. The van der Waals surface area contributed by atoms with Crippen molar-refractivity contribution in [2.75, 3.05) is 26.7 Å². The molecule has 0 N–H and O–H groups in total. The zero-order valence-corrected chi connectivity index (χ0v) is 8.88. The molecule has 0 aromatic carbocycles. The van der Waals surface area contributed by atoms with Gasteiger partial charge in [0.05, 0.1) is 6.54 Å². The minimum absolute atomic E-state index is 0.918. The van der Waals surface area contributed by atoms with Crippen LogP contribution in [0.2, 0.25) is 0 Å². The van der Waals surface area contributed by atoms with Gasteiger partial charge < -0.3 is 0 Å². The van der Waals surface area contributed by atoms with E-state index in [0.29, 0.717) is 0 Å². The molecule has 0 aliphatic carbocycles. The first kappa shape index (κ1) is 10.4. The number of aliphatic imine (C=N–C) groups is 2. The lowest BCUT2D eigenvalue weighted by Crippen LogP contribution is -2.26. The molecule has 13 heavy (non-hydrogen) atoms. The molecule has 74 valence electrons. The van der Waals surface area contributed by atoms with Crippen LogP contribution in [0.5, 0.6) is 0 Å². The molecule has 0 amide bonds. The fourth-order valence-corrected chi connectivity index (χ4v) is 1.55. The van der Waals surface area contributed by atoms with Crippen molar-refractivity contribution in [3.05, 3.63) is 0 Å². The third kappa shape index (κ3) is 3.68. The molecule has 0 radical (unpaired) electrons. The monoisotopic (exact) mass is 181 g/mol. The van der Waals surface area contributed by atoms with E-state index in [9.17, 15) is 0 Å². The fourth-order valence-electron chi connectivity index (χ4n) is 1.55. The van der Waals surface area contributed by atoms with Gasteiger partial charge in [0.25, 0.3) is 0 Å². The fraction of sp³-hybridized carbons (Fsp3) is 0.800. The van der Waals surface area contributed by atoms with Gasteiger partial charge in [0.15, 0.2) is 0 Å². The van der Waals surface area contributed by atoms with Crippen LogP contribution >= 0.6 is 0 Å². The van der Waals surface area contributed by atoms with Crippen LogP contribution in [0, 0.1) is 0 Å². The molecule has 1 heterocycles. The second kappa shape index (κ2) is 5.12. The summed E-state index contributed by atoms with van der Waals surface area (Å²) in [6.45, 7) is 7.35. The van der Waals surface area contributed by atoms with Crippen molar-refractivity contribution < 1.29 is 0 Å². The molecule has 0 spiro atoms. The van der Waals surface area contributed by atoms with Gasteiger partial charge in [-0.3, -0.25) is 9.89 Å². The molecule has 0 bridgehead atoms. The van der Waals surface area contributed by atoms with Gasteiger partial charge in [0, 0.05) is 12.8 Å². The normalized spacial score (nSPS) is 19.2. The predicted octanol–water partition coefficient (Wildman–Crippen LogP) is 1.59. The first-order chi connectivity index (χ1) is 6.22. The van der Waals surface area contributed by atoms with Crippen molar-refractivity contribution in [3.8, 4) is 0 Å². The number of hydrogen-bond donors (Lipinski definition) is 0. The van der Waals surface area contributed by atoms with Crippen LogP contribution in [0.25, 0.3) is 0 Å². The zero-order valence-electron chi connectivity index (χ0n) is 8.88. The Labute approximate surface area is 80.6 Å². The topological polar surface area (TPSA) is 28.0 Å². The van der Waals surface area contributed by atoms with Crippen LogP contribution < -0.4 is 0 Å². The average molecular weight is 181 g/mol. The first-order valence-electron chi connectivity index (χ1n) is 4.92. The minimum atomic E-state index is 0.918. The summed E-state index contributed by atoms with van der Waals surface area (Å²) in [5, 5.41) is 0. The van der Waals surface area contributed by atoms with Crippen molar-refractivity contribution in [1.29, 1.82) is 0 Å². The predicted molar refractivity (Wildman–Crippen MR) is 57.8 cm³/mol. The van der Waals surface area contributed by atoms with E-state index in [0.717, 1.165) is 18.1 Å². The van der Waals surface area contributed by atoms with Crippen LogP contribution in [-0.4, -0.2) is 43.1 Å². The molecule has 0 aromatic heterocycles. The second-order valence-electron chi connectivity index (χ2n) is 3.68. The van der Waals surface area contributed by atoms with Gasteiger partial charge in [0.1, 0.15) is 5.84 Å². The summed E-state index contributed by atoms with van der Waals surface area (Å²) in [5.41, 5.74) is 1.08. The van der Waals surface area contributed by atoms with Crippen molar-refractivity contribution in [2.24, 2.45) is 9.98 Å². The van der Waals surface area contributed by atoms with Crippen LogP contribution in [0.4, 0.5) is 0 Å². The van der Waals surface area contributed by atoms with Crippen molar-refractivity contribution >= 4 is 11.5 Å². The molecule has 1 fully saturated rings. The molecule has 3 heteroatoms. The van der Waals surface area contributed by atoms with Crippen molar-refractivity contribution in [2.45, 2.75) is 26.7 Å². The average Bonchev–Trinajstić information content (AvgIpc) is 2.55. The number of likely N-dealkylation sites (tertiary alicyclic amines) is 1. The van der Waals surface area contributed by atoms with Crippen LogP contribution in [-0.2, 0) is 0 Å². The number of hydrogen-bond acceptors (Lipinski definition) is 2. The summed E-state index contributed by atoms with van der Waals surface area (Å²) < 4.78 is 0. The largest absolute Gasteiger partial charge is 0.296 e. The van der Waals surface area contributed by atoms with Gasteiger partial charge in [-0.25, -0.2) is 4.99 Å².